The topological polar surface area (TPSA) is 20.2 Å². The Kier molecular flexibility index (Phi) is 6.14. The Morgan fingerprint density at radius 3 is 2.22 bits per heavy atom. The highest BCUT2D eigenvalue weighted by molar-refractivity contribution is 5.28. The molecule has 0 aliphatic heterocycles. The molecule has 1 heteroatoms. The lowest BCUT2D eigenvalue weighted by molar-refractivity contribution is 0.285. The third-order valence-electron chi connectivity index (χ3n) is 3.12. The molecule has 0 bridgehead atoms. The van der Waals surface area contributed by atoms with E-state index in [2.05, 4.69) is 57.2 Å². The summed E-state index contributed by atoms with van der Waals surface area (Å²) in [6.45, 7) is 7.03. The van der Waals surface area contributed by atoms with Crippen LogP contribution in [0.25, 0.3) is 0 Å². The average molecular weight is 246 g/mol. The first kappa shape index (κ1) is 15.0. The first-order chi connectivity index (χ1) is 8.54. The predicted molar refractivity (Wildman–Crippen MR) is 78.9 cm³/mol. The Morgan fingerprint density at radius 2 is 1.67 bits per heavy atom. The van der Waals surface area contributed by atoms with Gasteiger partial charge in [-0.15, -0.1) is 0 Å². The fourth-order valence-electron chi connectivity index (χ4n) is 1.85. The van der Waals surface area contributed by atoms with Gasteiger partial charge in [0.05, 0.1) is 0 Å². The van der Waals surface area contributed by atoms with Crippen LogP contribution in [-0.2, 0) is 11.8 Å². The zero-order valence-electron chi connectivity index (χ0n) is 11.9. The molecule has 0 saturated heterocycles. The number of rotatable bonds is 6. The fraction of sp³-hybridized carbons (Fsp3) is 0.529. The molecule has 1 N–H and O–H groups in total. The van der Waals surface area contributed by atoms with Crippen LogP contribution >= 0.6 is 0 Å². The van der Waals surface area contributed by atoms with Crippen molar-refractivity contribution in [2.45, 2.75) is 51.9 Å². The maximum atomic E-state index is 8.67. The highest BCUT2D eigenvalue weighted by atomic mass is 16.2. The molecule has 0 unspecified atom stereocenters. The van der Waals surface area contributed by atoms with Crippen LogP contribution in [0, 0.1) is 0 Å². The van der Waals surface area contributed by atoms with E-state index in [9.17, 15) is 0 Å². The molecular formula is C17H26O. The summed E-state index contributed by atoms with van der Waals surface area (Å²) in [4.78, 5) is 0. The van der Waals surface area contributed by atoms with Crippen molar-refractivity contribution in [2.75, 3.05) is 6.61 Å². The van der Waals surface area contributed by atoms with E-state index in [4.69, 9.17) is 5.11 Å². The van der Waals surface area contributed by atoms with Gasteiger partial charge in [-0.3, -0.25) is 0 Å². The third-order valence-corrected chi connectivity index (χ3v) is 3.12. The van der Waals surface area contributed by atoms with Crippen molar-refractivity contribution in [1.29, 1.82) is 0 Å². The molecule has 0 heterocycles. The van der Waals surface area contributed by atoms with E-state index in [1.54, 1.807) is 0 Å². The fourth-order valence-corrected chi connectivity index (χ4v) is 1.85. The summed E-state index contributed by atoms with van der Waals surface area (Å²) in [7, 11) is 0. The van der Waals surface area contributed by atoms with Gasteiger partial charge >= 0.3 is 0 Å². The second-order valence-electron chi connectivity index (χ2n) is 5.84. The van der Waals surface area contributed by atoms with E-state index in [-0.39, 0.29) is 5.41 Å². The lowest BCUT2D eigenvalue weighted by Crippen LogP contribution is -2.10. The summed E-state index contributed by atoms with van der Waals surface area (Å²) in [6, 6.07) is 8.90. The Labute approximate surface area is 112 Å². The maximum absolute atomic E-state index is 8.67. The van der Waals surface area contributed by atoms with E-state index >= 15 is 0 Å². The van der Waals surface area contributed by atoms with Gasteiger partial charge in [0.1, 0.15) is 0 Å². The molecule has 1 aromatic rings. The van der Waals surface area contributed by atoms with E-state index in [1.807, 2.05) is 0 Å². The summed E-state index contributed by atoms with van der Waals surface area (Å²) >= 11 is 0. The van der Waals surface area contributed by atoms with Gasteiger partial charge in [-0.25, -0.2) is 0 Å². The van der Waals surface area contributed by atoms with Gasteiger partial charge in [-0.1, -0.05) is 57.2 Å². The van der Waals surface area contributed by atoms with Crippen LogP contribution in [0.3, 0.4) is 0 Å². The zero-order chi connectivity index (χ0) is 13.4. The SMILES string of the molecule is CC(C)(C)c1ccc(C/C=C/CCCCO)cc1. The van der Waals surface area contributed by atoms with Gasteiger partial charge in [0.15, 0.2) is 0 Å². The van der Waals surface area contributed by atoms with Crippen molar-refractivity contribution in [2.24, 2.45) is 0 Å². The zero-order valence-corrected chi connectivity index (χ0v) is 11.9. The minimum absolute atomic E-state index is 0.235. The van der Waals surface area contributed by atoms with Gasteiger partial charge < -0.3 is 5.11 Å². The lowest BCUT2D eigenvalue weighted by Gasteiger charge is -2.18. The first-order valence-corrected chi connectivity index (χ1v) is 6.89. The highest BCUT2D eigenvalue weighted by Gasteiger charge is 2.12. The second kappa shape index (κ2) is 7.38. The van der Waals surface area contributed by atoms with Crippen LogP contribution in [0.5, 0.6) is 0 Å². The molecule has 0 aliphatic rings. The van der Waals surface area contributed by atoms with Crippen molar-refractivity contribution in [1.82, 2.24) is 0 Å². The minimum Gasteiger partial charge on any atom is -0.396 e. The average Bonchev–Trinajstić information content (AvgIpc) is 2.33. The molecule has 0 amide bonds. The number of aliphatic hydroxyl groups excluding tert-OH is 1. The van der Waals surface area contributed by atoms with Crippen LogP contribution < -0.4 is 0 Å². The number of unbranched alkanes of at least 4 members (excludes halogenated alkanes) is 2. The summed E-state index contributed by atoms with van der Waals surface area (Å²) in [5.74, 6) is 0. The molecule has 0 spiro atoms. The standard InChI is InChI=1S/C17H26O/c1-17(2,3)16-12-10-15(11-13-16)9-7-5-4-6-8-14-18/h5,7,10-13,18H,4,6,8-9,14H2,1-3H3/b7-5+. The Morgan fingerprint density at radius 1 is 1.00 bits per heavy atom. The predicted octanol–water partition coefficient (Wildman–Crippen LogP) is 4.25. The Balaban J connectivity index is 2.40. The van der Waals surface area contributed by atoms with Crippen molar-refractivity contribution in [3.8, 4) is 0 Å². The van der Waals surface area contributed by atoms with Crippen LogP contribution in [0.2, 0.25) is 0 Å². The minimum atomic E-state index is 0.235. The highest BCUT2D eigenvalue weighted by Crippen LogP contribution is 2.22. The molecule has 0 aromatic heterocycles. The van der Waals surface area contributed by atoms with Gasteiger partial charge in [-0.2, -0.15) is 0 Å². The van der Waals surface area contributed by atoms with Crippen LogP contribution in [0.15, 0.2) is 36.4 Å². The molecule has 0 fully saturated rings. The number of hydrogen-bond donors (Lipinski definition) is 1. The number of aliphatic hydroxyl groups is 1. The smallest absolute Gasteiger partial charge is 0.0431 e. The summed E-state index contributed by atoms with van der Waals surface area (Å²) in [6.07, 6.45) is 8.50. The molecule has 100 valence electrons. The molecule has 0 atom stereocenters. The number of allylic oxidation sites excluding steroid dienone is 2. The Hall–Kier alpha value is -1.08. The van der Waals surface area contributed by atoms with Gasteiger partial charge in [0.2, 0.25) is 0 Å². The van der Waals surface area contributed by atoms with Gasteiger partial charge in [-0.05, 0) is 42.2 Å². The summed E-state index contributed by atoms with van der Waals surface area (Å²) < 4.78 is 0. The first-order valence-electron chi connectivity index (χ1n) is 6.89. The Bertz CT molecular complexity index is 354. The van der Waals surface area contributed by atoms with Crippen molar-refractivity contribution >= 4 is 0 Å². The van der Waals surface area contributed by atoms with Gasteiger partial charge in [0, 0.05) is 6.61 Å². The molecule has 1 rings (SSSR count). The molecule has 0 radical (unpaired) electrons. The molecular weight excluding hydrogens is 220 g/mol. The second-order valence-corrected chi connectivity index (χ2v) is 5.84. The van der Waals surface area contributed by atoms with E-state index in [0.717, 1.165) is 25.7 Å². The largest absolute Gasteiger partial charge is 0.396 e. The van der Waals surface area contributed by atoms with E-state index in [0.29, 0.717) is 6.61 Å². The maximum Gasteiger partial charge on any atom is 0.0431 e. The normalized spacial score (nSPS) is 12.2. The molecule has 0 saturated carbocycles. The molecule has 0 aliphatic carbocycles. The summed E-state index contributed by atoms with van der Waals surface area (Å²) in [5, 5.41) is 8.67. The van der Waals surface area contributed by atoms with Crippen LogP contribution in [0.1, 0.15) is 51.2 Å². The van der Waals surface area contributed by atoms with Crippen molar-refractivity contribution in [3.05, 3.63) is 47.5 Å². The number of benzene rings is 1. The monoisotopic (exact) mass is 246 g/mol. The van der Waals surface area contributed by atoms with E-state index < -0.39 is 0 Å². The molecule has 1 aromatic carbocycles. The molecule has 1 nitrogen and oxygen atoms in total. The van der Waals surface area contributed by atoms with Crippen molar-refractivity contribution in [3.63, 3.8) is 0 Å². The number of hydrogen-bond acceptors (Lipinski definition) is 1. The van der Waals surface area contributed by atoms with Crippen LogP contribution in [0.4, 0.5) is 0 Å². The molecule has 18 heavy (non-hydrogen) atoms. The van der Waals surface area contributed by atoms with Crippen molar-refractivity contribution < 1.29 is 5.11 Å². The summed E-state index contributed by atoms with van der Waals surface area (Å²) in [5.41, 5.74) is 2.98. The lowest BCUT2D eigenvalue weighted by atomic mass is 9.86. The van der Waals surface area contributed by atoms with Gasteiger partial charge in [0.25, 0.3) is 0 Å². The quantitative estimate of drug-likeness (QED) is 0.588. The third kappa shape index (κ3) is 5.50. The van der Waals surface area contributed by atoms with E-state index in [1.165, 1.54) is 11.1 Å². The van der Waals surface area contributed by atoms with Crippen LogP contribution in [-0.4, -0.2) is 11.7 Å².